The predicted octanol–water partition coefficient (Wildman–Crippen LogP) is 5.37. The number of hydrogen-bond donors (Lipinski definition) is 0. The third-order valence-corrected chi connectivity index (χ3v) is 3.86. The van der Waals surface area contributed by atoms with Gasteiger partial charge in [0.25, 0.3) is 0 Å². The lowest BCUT2D eigenvalue weighted by Crippen LogP contribution is -2.05. The number of fused-ring (bicyclic) bond motifs is 2. The van der Waals surface area contributed by atoms with Crippen molar-refractivity contribution >= 4 is 11.0 Å². The third-order valence-electron chi connectivity index (χ3n) is 3.86. The molecule has 0 aliphatic carbocycles. The summed E-state index contributed by atoms with van der Waals surface area (Å²) in [7, 11) is 0. The lowest BCUT2D eigenvalue weighted by Gasteiger charge is -2.02. The molecule has 1 unspecified atom stereocenters. The summed E-state index contributed by atoms with van der Waals surface area (Å²) in [6.45, 7) is 8.23. The van der Waals surface area contributed by atoms with Gasteiger partial charge in [0.2, 0.25) is 0 Å². The van der Waals surface area contributed by atoms with Crippen LogP contribution < -0.4 is 4.74 Å². The van der Waals surface area contributed by atoms with Gasteiger partial charge in [-0.25, -0.2) is 0 Å². The molecule has 2 heteroatoms. The second kappa shape index (κ2) is 5.88. The van der Waals surface area contributed by atoms with E-state index in [2.05, 4.69) is 63.2 Å². The van der Waals surface area contributed by atoms with Gasteiger partial charge in [-0.15, -0.1) is 0 Å². The maximum atomic E-state index is 5.59. The van der Waals surface area contributed by atoms with Crippen molar-refractivity contribution in [2.75, 3.05) is 0 Å². The van der Waals surface area contributed by atoms with E-state index in [4.69, 9.17) is 9.15 Å². The molecule has 0 saturated heterocycles. The highest BCUT2D eigenvalue weighted by Gasteiger charge is 2.17. The Morgan fingerprint density at radius 3 is 2.45 bits per heavy atom. The van der Waals surface area contributed by atoms with E-state index in [-0.39, 0.29) is 0 Å². The van der Waals surface area contributed by atoms with Crippen LogP contribution in [0.3, 0.4) is 0 Å². The highest BCUT2D eigenvalue weighted by molar-refractivity contribution is 5.78. The second-order valence-electron chi connectivity index (χ2n) is 6.14. The van der Waals surface area contributed by atoms with Crippen molar-refractivity contribution in [1.82, 2.24) is 0 Å². The zero-order valence-corrected chi connectivity index (χ0v) is 13.6. The van der Waals surface area contributed by atoms with Gasteiger partial charge in [0.05, 0.1) is 0 Å². The quantitative estimate of drug-likeness (QED) is 0.556. The molecule has 1 atom stereocenters. The summed E-state index contributed by atoms with van der Waals surface area (Å²) >= 11 is 0. The van der Waals surface area contributed by atoms with Crippen molar-refractivity contribution in [3.05, 3.63) is 64.9 Å². The second-order valence-corrected chi connectivity index (χ2v) is 6.14. The molecule has 0 spiro atoms. The monoisotopic (exact) mass is 294 g/mol. The average Bonchev–Trinajstić information content (AvgIpc) is 2.99. The lowest BCUT2D eigenvalue weighted by molar-refractivity contribution is 0.254. The van der Waals surface area contributed by atoms with Crippen LogP contribution >= 0.6 is 0 Å². The maximum absolute atomic E-state index is 5.59. The number of aryl methyl sites for hydroxylation is 3. The zero-order valence-electron chi connectivity index (χ0n) is 13.6. The highest BCUT2D eigenvalue weighted by Crippen LogP contribution is 2.29. The zero-order chi connectivity index (χ0) is 15.7. The Morgan fingerprint density at radius 1 is 0.909 bits per heavy atom. The lowest BCUT2D eigenvalue weighted by atomic mass is 10.1. The van der Waals surface area contributed by atoms with Crippen LogP contribution in [0.4, 0.5) is 0 Å². The predicted molar refractivity (Wildman–Crippen MR) is 90.7 cm³/mol. The Balaban J connectivity index is 0.000000131. The van der Waals surface area contributed by atoms with E-state index in [0.29, 0.717) is 6.10 Å². The van der Waals surface area contributed by atoms with E-state index in [1.54, 1.807) is 0 Å². The van der Waals surface area contributed by atoms with Gasteiger partial charge in [-0.1, -0.05) is 24.3 Å². The molecule has 1 aliphatic heterocycles. The van der Waals surface area contributed by atoms with Crippen molar-refractivity contribution < 1.29 is 9.15 Å². The molecule has 0 amide bonds. The Morgan fingerprint density at radius 2 is 1.64 bits per heavy atom. The summed E-state index contributed by atoms with van der Waals surface area (Å²) in [6.07, 6.45) is 1.43. The normalized spacial score (nSPS) is 15.9. The van der Waals surface area contributed by atoms with Crippen LogP contribution in [0, 0.1) is 20.8 Å². The van der Waals surface area contributed by atoms with Crippen LogP contribution in [0.1, 0.15) is 29.4 Å². The molecule has 0 saturated carbocycles. The smallest absolute Gasteiger partial charge is 0.134 e. The molecule has 0 fully saturated rings. The van der Waals surface area contributed by atoms with Crippen LogP contribution in [0.2, 0.25) is 0 Å². The number of rotatable bonds is 0. The number of hydrogen-bond acceptors (Lipinski definition) is 2. The van der Waals surface area contributed by atoms with E-state index in [1.807, 2.05) is 6.92 Å². The molecule has 4 rings (SSSR count). The van der Waals surface area contributed by atoms with Gasteiger partial charge >= 0.3 is 0 Å². The first-order valence-electron chi connectivity index (χ1n) is 7.74. The Hall–Kier alpha value is -2.22. The largest absolute Gasteiger partial charge is 0.490 e. The first-order chi connectivity index (χ1) is 10.5. The van der Waals surface area contributed by atoms with Crippen molar-refractivity contribution in [3.63, 3.8) is 0 Å². The summed E-state index contributed by atoms with van der Waals surface area (Å²) in [5.41, 5.74) is 4.86. The van der Waals surface area contributed by atoms with Crippen molar-refractivity contribution in [3.8, 4) is 5.75 Å². The maximum Gasteiger partial charge on any atom is 0.134 e. The van der Waals surface area contributed by atoms with Crippen LogP contribution in [-0.2, 0) is 6.42 Å². The van der Waals surface area contributed by atoms with E-state index >= 15 is 0 Å². The van der Waals surface area contributed by atoms with Gasteiger partial charge in [0, 0.05) is 11.8 Å². The van der Waals surface area contributed by atoms with Gasteiger partial charge in [-0.05, 0) is 62.6 Å². The van der Waals surface area contributed by atoms with Crippen molar-refractivity contribution in [2.45, 2.75) is 40.2 Å². The van der Waals surface area contributed by atoms with E-state index in [0.717, 1.165) is 23.5 Å². The minimum Gasteiger partial charge on any atom is -0.490 e. The minimum atomic E-state index is 0.367. The van der Waals surface area contributed by atoms with Gasteiger partial charge < -0.3 is 9.15 Å². The molecular formula is C20H22O2. The molecule has 2 heterocycles. The Kier molecular flexibility index (Phi) is 3.93. The fourth-order valence-corrected chi connectivity index (χ4v) is 2.78. The fourth-order valence-electron chi connectivity index (χ4n) is 2.78. The molecule has 22 heavy (non-hydrogen) atoms. The molecule has 114 valence electrons. The summed E-state index contributed by atoms with van der Waals surface area (Å²) in [6, 6.07) is 14.7. The topological polar surface area (TPSA) is 22.4 Å². The summed E-state index contributed by atoms with van der Waals surface area (Å²) < 4.78 is 11.0. The summed E-state index contributed by atoms with van der Waals surface area (Å²) in [5, 5.41) is 1.19. The highest BCUT2D eigenvalue weighted by atomic mass is 16.5. The standard InChI is InChI=1S/C10H12O.C10H10O/c2*1-7-3-4-9-6-8(2)11-10(9)5-7/h3-5,8H,6H2,1-2H3;3-6H,1-2H3. The molecule has 2 nitrogen and oxygen atoms in total. The molecular weight excluding hydrogens is 272 g/mol. The van der Waals surface area contributed by atoms with Crippen molar-refractivity contribution in [1.29, 1.82) is 0 Å². The van der Waals surface area contributed by atoms with Crippen LogP contribution in [0.5, 0.6) is 5.75 Å². The fraction of sp³-hybridized carbons (Fsp3) is 0.300. The van der Waals surface area contributed by atoms with Crippen LogP contribution in [-0.4, -0.2) is 6.10 Å². The third kappa shape index (κ3) is 3.16. The van der Waals surface area contributed by atoms with Gasteiger partial charge in [-0.3, -0.25) is 0 Å². The molecule has 0 bridgehead atoms. The summed E-state index contributed by atoms with van der Waals surface area (Å²) in [4.78, 5) is 0. The van der Waals surface area contributed by atoms with E-state index in [9.17, 15) is 0 Å². The SMILES string of the molecule is Cc1ccc2c(c1)OC(C)C2.Cc1ccc2cc(C)oc2c1. The number of furan rings is 1. The molecule has 3 aromatic rings. The van der Waals surface area contributed by atoms with E-state index < -0.39 is 0 Å². The number of benzene rings is 2. The van der Waals surface area contributed by atoms with Crippen LogP contribution in [0.25, 0.3) is 11.0 Å². The molecule has 0 N–H and O–H groups in total. The molecule has 1 aromatic heterocycles. The summed E-state index contributed by atoms with van der Waals surface area (Å²) in [5.74, 6) is 2.06. The Bertz CT molecular complexity index is 799. The minimum absolute atomic E-state index is 0.367. The van der Waals surface area contributed by atoms with Crippen LogP contribution in [0.15, 0.2) is 46.9 Å². The van der Waals surface area contributed by atoms with Gasteiger partial charge in [0.1, 0.15) is 23.2 Å². The van der Waals surface area contributed by atoms with E-state index in [1.165, 1.54) is 22.1 Å². The first-order valence-corrected chi connectivity index (χ1v) is 7.74. The molecule has 1 aliphatic rings. The number of ether oxygens (including phenoxy) is 1. The Labute approximate surface area is 131 Å². The first kappa shape index (κ1) is 14.7. The molecule has 2 aromatic carbocycles. The van der Waals surface area contributed by atoms with Gasteiger partial charge in [-0.2, -0.15) is 0 Å². The van der Waals surface area contributed by atoms with Gasteiger partial charge in [0.15, 0.2) is 0 Å². The molecule has 0 radical (unpaired) electrons. The van der Waals surface area contributed by atoms with Crippen molar-refractivity contribution in [2.24, 2.45) is 0 Å². The average molecular weight is 294 g/mol.